The van der Waals surface area contributed by atoms with E-state index < -0.39 is 5.91 Å². The number of carbonyl (C=O) groups is 3. The van der Waals surface area contributed by atoms with Gasteiger partial charge in [0.15, 0.2) is 17.3 Å². The Kier molecular flexibility index (Phi) is 8.70. The van der Waals surface area contributed by atoms with Gasteiger partial charge in [0.1, 0.15) is 18.0 Å². The predicted molar refractivity (Wildman–Crippen MR) is 169 cm³/mol. The highest BCUT2D eigenvalue weighted by Gasteiger charge is 2.31. The number of fused-ring (bicyclic) bond motifs is 3. The van der Waals surface area contributed by atoms with Crippen molar-refractivity contribution in [2.45, 2.75) is 6.42 Å². The molecular weight excluding hydrogens is 570 g/mol. The lowest BCUT2D eigenvalue weighted by Gasteiger charge is -2.18. The Balaban J connectivity index is 1.16. The third kappa shape index (κ3) is 6.20. The number of aromatic hydroxyl groups is 1. The van der Waals surface area contributed by atoms with Gasteiger partial charge in [-0.15, -0.1) is 10.2 Å². The minimum absolute atomic E-state index is 0.0371. The van der Waals surface area contributed by atoms with E-state index in [0.717, 1.165) is 5.75 Å². The molecule has 0 radical (unpaired) electrons. The lowest BCUT2D eigenvalue weighted by molar-refractivity contribution is 0.0903. The topological polar surface area (TPSA) is 127 Å². The standard InChI is InChI=1S/C36H29N3O6/c40-33-26-14-6-7-15-27(26)34(41)31-28(33)16-8-17-30(31)38-39-32-25-13-5-4-10-23(25)22-29(35(32)42)36(43)37-18-9-19-44-20-21-45-24-11-2-1-3-12-24/h1-8,10-17,22,42H,9,18-21H2,(H,37,43). The van der Waals surface area contributed by atoms with Crippen molar-refractivity contribution in [2.75, 3.05) is 26.4 Å². The molecule has 0 saturated carbocycles. The molecule has 2 N–H and O–H groups in total. The lowest BCUT2D eigenvalue weighted by atomic mass is 9.83. The first-order valence-corrected chi connectivity index (χ1v) is 14.5. The third-order valence-corrected chi connectivity index (χ3v) is 7.42. The van der Waals surface area contributed by atoms with E-state index in [-0.39, 0.29) is 45.4 Å². The van der Waals surface area contributed by atoms with Gasteiger partial charge >= 0.3 is 0 Å². The van der Waals surface area contributed by atoms with Gasteiger partial charge < -0.3 is 19.9 Å². The van der Waals surface area contributed by atoms with Crippen LogP contribution < -0.4 is 10.1 Å². The van der Waals surface area contributed by atoms with Crippen LogP contribution in [-0.2, 0) is 4.74 Å². The molecule has 0 heterocycles. The molecule has 1 amide bonds. The van der Waals surface area contributed by atoms with E-state index >= 15 is 0 Å². The van der Waals surface area contributed by atoms with Crippen LogP contribution in [0, 0.1) is 0 Å². The Hall–Kier alpha value is -5.67. The van der Waals surface area contributed by atoms with Gasteiger partial charge in [0, 0.05) is 35.2 Å². The molecule has 224 valence electrons. The first-order valence-electron chi connectivity index (χ1n) is 14.5. The van der Waals surface area contributed by atoms with E-state index in [4.69, 9.17) is 9.47 Å². The molecule has 9 nitrogen and oxygen atoms in total. The van der Waals surface area contributed by atoms with E-state index in [9.17, 15) is 19.5 Å². The van der Waals surface area contributed by atoms with Crippen LogP contribution in [0.5, 0.6) is 11.5 Å². The summed E-state index contributed by atoms with van der Waals surface area (Å²) in [5.74, 6) is -0.641. The maximum Gasteiger partial charge on any atom is 0.255 e. The molecule has 5 aromatic rings. The van der Waals surface area contributed by atoms with Crippen LogP contribution in [0.2, 0.25) is 0 Å². The molecular formula is C36H29N3O6. The van der Waals surface area contributed by atoms with E-state index in [1.54, 1.807) is 66.7 Å². The number of hydrogen-bond acceptors (Lipinski definition) is 8. The molecule has 0 unspecified atom stereocenters. The largest absolute Gasteiger partial charge is 0.505 e. The summed E-state index contributed by atoms with van der Waals surface area (Å²) in [6, 6.07) is 29.7. The highest BCUT2D eigenvalue weighted by molar-refractivity contribution is 6.30. The van der Waals surface area contributed by atoms with Crippen molar-refractivity contribution in [1.29, 1.82) is 0 Å². The first kappa shape index (κ1) is 29.4. The van der Waals surface area contributed by atoms with E-state index in [1.165, 1.54) is 0 Å². The molecule has 1 aliphatic rings. The molecule has 1 aliphatic carbocycles. The number of nitrogens with one attached hydrogen (secondary N) is 1. The smallest absolute Gasteiger partial charge is 0.255 e. The number of azo groups is 1. The summed E-state index contributed by atoms with van der Waals surface area (Å²) in [5, 5.41) is 23.9. The van der Waals surface area contributed by atoms with Crippen molar-refractivity contribution in [3.63, 3.8) is 0 Å². The molecule has 0 aromatic heterocycles. The van der Waals surface area contributed by atoms with Crippen molar-refractivity contribution >= 4 is 39.6 Å². The maximum atomic E-state index is 13.4. The van der Waals surface area contributed by atoms with Crippen molar-refractivity contribution in [3.05, 3.63) is 131 Å². The van der Waals surface area contributed by atoms with Gasteiger partial charge in [0.2, 0.25) is 0 Å². The summed E-state index contributed by atoms with van der Waals surface area (Å²) in [5.41, 5.74) is 1.34. The molecule has 0 aliphatic heterocycles. The van der Waals surface area contributed by atoms with Gasteiger partial charge in [-0.1, -0.05) is 78.9 Å². The molecule has 0 bridgehead atoms. The highest BCUT2D eigenvalue weighted by atomic mass is 16.5. The van der Waals surface area contributed by atoms with E-state index in [2.05, 4.69) is 15.5 Å². The van der Waals surface area contributed by atoms with Crippen LogP contribution in [-0.4, -0.2) is 48.9 Å². The number of phenolic OH excluding ortho intramolecular Hbond substituents is 1. The zero-order chi connectivity index (χ0) is 31.2. The van der Waals surface area contributed by atoms with Crippen molar-refractivity contribution in [3.8, 4) is 11.5 Å². The van der Waals surface area contributed by atoms with Gasteiger partial charge in [-0.3, -0.25) is 14.4 Å². The Morgan fingerprint density at radius 1 is 0.733 bits per heavy atom. The highest BCUT2D eigenvalue weighted by Crippen LogP contribution is 2.40. The van der Waals surface area contributed by atoms with Gasteiger partial charge in [0.05, 0.1) is 23.4 Å². The zero-order valence-electron chi connectivity index (χ0n) is 24.2. The minimum atomic E-state index is -0.475. The Labute approximate surface area is 259 Å². The summed E-state index contributed by atoms with van der Waals surface area (Å²) in [7, 11) is 0. The third-order valence-electron chi connectivity index (χ3n) is 7.42. The normalized spacial score (nSPS) is 12.3. The van der Waals surface area contributed by atoms with Gasteiger partial charge in [-0.05, 0) is 36.1 Å². The number of rotatable bonds is 11. The molecule has 0 fully saturated rings. The number of hydrogen-bond donors (Lipinski definition) is 2. The molecule has 9 heteroatoms. The lowest BCUT2D eigenvalue weighted by Crippen LogP contribution is -2.25. The maximum absolute atomic E-state index is 13.4. The number of ketones is 2. The second-order valence-corrected chi connectivity index (χ2v) is 10.3. The number of amides is 1. The summed E-state index contributed by atoms with van der Waals surface area (Å²) < 4.78 is 11.2. The van der Waals surface area contributed by atoms with E-state index in [0.29, 0.717) is 54.7 Å². The molecule has 0 saturated heterocycles. The van der Waals surface area contributed by atoms with Gasteiger partial charge in [0.25, 0.3) is 5.91 Å². The second kappa shape index (κ2) is 13.3. The van der Waals surface area contributed by atoms with Crippen LogP contribution in [0.15, 0.2) is 113 Å². The Morgan fingerprint density at radius 2 is 1.44 bits per heavy atom. The number of carbonyl (C=O) groups excluding carboxylic acids is 3. The van der Waals surface area contributed by atoms with Crippen LogP contribution in [0.1, 0.15) is 48.6 Å². The number of ether oxygens (including phenoxy) is 2. The molecule has 45 heavy (non-hydrogen) atoms. The van der Waals surface area contributed by atoms with Gasteiger partial charge in [-0.2, -0.15) is 0 Å². The number of para-hydroxylation sites is 1. The first-order chi connectivity index (χ1) is 22.0. The van der Waals surface area contributed by atoms with Crippen LogP contribution >= 0.6 is 0 Å². The van der Waals surface area contributed by atoms with Crippen molar-refractivity contribution in [2.24, 2.45) is 10.2 Å². The molecule has 6 rings (SSSR count). The summed E-state index contributed by atoms with van der Waals surface area (Å²) in [6.45, 7) is 1.59. The fourth-order valence-corrected chi connectivity index (χ4v) is 5.21. The quantitative estimate of drug-likeness (QED) is 0.123. The predicted octanol–water partition coefficient (Wildman–Crippen LogP) is 6.95. The fraction of sp³-hybridized carbons (Fsp3) is 0.139. The van der Waals surface area contributed by atoms with Crippen LogP contribution in [0.25, 0.3) is 10.8 Å². The van der Waals surface area contributed by atoms with Crippen molar-refractivity contribution in [1.82, 2.24) is 5.32 Å². The summed E-state index contributed by atoms with van der Waals surface area (Å²) >= 11 is 0. The second-order valence-electron chi connectivity index (χ2n) is 10.3. The average Bonchev–Trinajstić information content (AvgIpc) is 3.08. The average molecular weight is 600 g/mol. The molecule has 5 aromatic carbocycles. The Morgan fingerprint density at radius 3 is 2.27 bits per heavy atom. The fourth-order valence-electron chi connectivity index (χ4n) is 5.21. The number of benzene rings is 5. The van der Waals surface area contributed by atoms with Crippen LogP contribution in [0.4, 0.5) is 11.4 Å². The van der Waals surface area contributed by atoms with Crippen molar-refractivity contribution < 1.29 is 29.0 Å². The number of nitrogens with zero attached hydrogens (tertiary/aromatic N) is 2. The summed E-state index contributed by atoms with van der Waals surface area (Å²) in [4.78, 5) is 39.7. The zero-order valence-corrected chi connectivity index (χ0v) is 24.2. The SMILES string of the molecule is O=C(NCCCOCCOc1ccccc1)c1cc2ccccc2c(N=Nc2cccc3c2C(=O)c2ccccc2C3=O)c1O. The monoisotopic (exact) mass is 599 g/mol. The van der Waals surface area contributed by atoms with Crippen LogP contribution in [0.3, 0.4) is 0 Å². The minimum Gasteiger partial charge on any atom is -0.505 e. The van der Waals surface area contributed by atoms with Gasteiger partial charge in [-0.25, -0.2) is 0 Å². The van der Waals surface area contributed by atoms with E-state index in [1.807, 2.05) is 36.4 Å². The molecule has 0 atom stereocenters. The number of phenols is 1. The summed E-state index contributed by atoms with van der Waals surface area (Å²) in [6.07, 6.45) is 0.562. The Bertz CT molecular complexity index is 1940. The molecule has 0 spiro atoms.